The third-order valence-electron chi connectivity index (χ3n) is 4.30. The Morgan fingerprint density at radius 1 is 1.24 bits per heavy atom. The largest absolute Gasteiger partial charge is 0.484 e. The number of amides is 1. The first kappa shape index (κ1) is 12.7. The molecule has 2 heterocycles. The number of fused-ring (bicyclic) bond motifs is 3. The van der Waals surface area contributed by atoms with Gasteiger partial charge in [0.15, 0.2) is 6.61 Å². The highest BCUT2D eigenvalue weighted by molar-refractivity contribution is 5.84. The smallest absolute Gasteiger partial charge is 0.260 e. The Morgan fingerprint density at radius 2 is 2.10 bits per heavy atom. The molecule has 2 saturated heterocycles. The van der Waals surface area contributed by atoms with E-state index in [4.69, 9.17) is 9.47 Å². The lowest BCUT2D eigenvalue weighted by atomic mass is 10.1. The quantitative estimate of drug-likeness (QED) is 0.867. The molecule has 2 atom stereocenters. The fourth-order valence-corrected chi connectivity index (χ4v) is 3.19. The lowest BCUT2D eigenvalue weighted by Crippen LogP contribution is -2.43. The van der Waals surface area contributed by atoms with E-state index in [0.717, 1.165) is 17.6 Å². The molecule has 4 heteroatoms. The molecular weight excluding hydrogens is 266 g/mol. The van der Waals surface area contributed by atoms with Crippen LogP contribution < -0.4 is 4.74 Å². The second kappa shape index (κ2) is 5.04. The number of hydrogen-bond acceptors (Lipinski definition) is 3. The standard InChI is InChI=1S/C17H17NO3/c19-17(18-9-16-8-14(18)10-20-16)11-21-15-6-5-12-3-1-2-4-13(12)7-15/h1-7,14,16H,8-11H2. The molecule has 4 nitrogen and oxygen atoms in total. The average Bonchev–Trinajstić information content (AvgIpc) is 3.15. The van der Waals surface area contributed by atoms with E-state index in [2.05, 4.69) is 6.07 Å². The van der Waals surface area contributed by atoms with Crippen molar-refractivity contribution >= 4 is 16.7 Å². The van der Waals surface area contributed by atoms with E-state index in [1.165, 1.54) is 5.39 Å². The number of nitrogens with zero attached hydrogens (tertiary/aromatic N) is 1. The van der Waals surface area contributed by atoms with E-state index in [1.807, 2.05) is 41.3 Å². The van der Waals surface area contributed by atoms with Gasteiger partial charge in [-0.25, -0.2) is 0 Å². The Balaban J connectivity index is 1.42. The van der Waals surface area contributed by atoms with Crippen LogP contribution in [0.25, 0.3) is 10.8 Å². The number of likely N-dealkylation sites (tertiary alicyclic amines) is 1. The van der Waals surface area contributed by atoms with E-state index < -0.39 is 0 Å². The van der Waals surface area contributed by atoms with Crippen LogP contribution in [-0.4, -0.2) is 42.7 Å². The van der Waals surface area contributed by atoms with Gasteiger partial charge in [-0.3, -0.25) is 4.79 Å². The predicted octanol–water partition coefficient (Wildman–Crippen LogP) is 2.22. The summed E-state index contributed by atoms with van der Waals surface area (Å²) in [6.07, 6.45) is 1.21. The Labute approximate surface area is 123 Å². The number of carbonyl (C=O) groups is 1. The van der Waals surface area contributed by atoms with E-state index in [1.54, 1.807) is 0 Å². The minimum absolute atomic E-state index is 0.0546. The highest BCUT2D eigenvalue weighted by Gasteiger charge is 2.41. The van der Waals surface area contributed by atoms with Crippen LogP contribution >= 0.6 is 0 Å². The number of hydrogen-bond donors (Lipinski definition) is 0. The molecule has 0 aromatic heterocycles. The molecule has 1 amide bonds. The lowest BCUT2D eigenvalue weighted by Gasteiger charge is -2.26. The fraction of sp³-hybridized carbons (Fsp3) is 0.353. The molecule has 108 valence electrons. The molecule has 2 bridgehead atoms. The van der Waals surface area contributed by atoms with Gasteiger partial charge in [0, 0.05) is 6.54 Å². The third kappa shape index (κ3) is 2.36. The minimum Gasteiger partial charge on any atom is -0.484 e. The Bertz CT molecular complexity index is 685. The van der Waals surface area contributed by atoms with Crippen molar-refractivity contribution in [2.24, 2.45) is 0 Å². The van der Waals surface area contributed by atoms with Crippen LogP contribution in [0.3, 0.4) is 0 Å². The maximum Gasteiger partial charge on any atom is 0.260 e. The van der Waals surface area contributed by atoms with E-state index in [0.29, 0.717) is 13.2 Å². The van der Waals surface area contributed by atoms with Gasteiger partial charge in [-0.05, 0) is 29.3 Å². The molecule has 21 heavy (non-hydrogen) atoms. The molecule has 2 unspecified atom stereocenters. The number of benzene rings is 2. The van der Waals surface area contributed by atoms with Crippen molar-refractivity contribution in [3.05, 3.63) is 42.5 Å². The summed E-state index contributed by atoms with van der Waals surface area (Å²) >= 11 is 0. The second-order valence-electron chi connectivity index (χ2n) is 5.69. The molecule has 0 saturated carbocycles. The molecule has 2 fully saturated rings. The lowest BCUT2D eigenvalue weighted by molar-refractivity contribution is -0.137. The summed E-state index contributed by atoms with van der Waals surface area (Å²) in [7, 11) is 0. The Morgan fingerprint density at radius 3 is 2.86 bits per heavy atom. The summed E-state index contributed by atoms with van der Waals surface area (Å²) in [6, 6.07) is 14.3. The maximum absolute atomic E-state index is 12.2. The van der Waals surface area contributed by atoms with Gasteiger partial charge in [-0.1, -0.05) is 30.3 Å². The van der Waals surface area contributed by atoms with Gasteiger partial charge in [0.1, 0.15) is 5.75 Å². The second-order valence-corrected chi connectivity index (χ2v) is 5.69. The normalized spacial score (nSPS) is 23.7. The van der Waals surface area contributed by atoms with Crippen LogP contribution in [0.15, 0.2) is 42.5 Å². The van der Waals surface area contributed by atoms with Gasteiger partial charge in [0.25, 0.3) is 5.91 Å². The van der Waals surface area contributed by atoms with Crippen LogP contribution in [0.5, 0.6) is 5.75 Å². The predicted molar refractivity (Wildman–Crippen MR) is 79.3 cm³/mol. The molecule has 0 aliphatic carbocycles. The van der Waals surface area contributed by atoms with Crippen LogP contribution in [0.2, 0.25) is 0 Å². The average molecular weight is 283 g/mol. The summed E-state index contributed by atoms with van der Waals surface area (Å²) in [5, 5.41) is 2.29. The van der Waals surface area contributed by atoms with Crippen LogP contribution in [0, 0.1) is 0 Å². The summed E-state index contributed by atoms with van der Waals surface area (Å²) in [5.74, 6) is 0.793. The summed E-state index contributed by atoms with van der Waals surface area (Å²) in [4.78, 5) is 14.1. The first-order valence-electron chi connectivity index (χ1n) is 7.32. The number of morpholine rings is 1. The van der Waals surface area contributed by atoms with E-state index in [-0.39, 0.29) is 24.7 Å². The van der Waals surface area contributed by atoms with Crippen molar-refractivity contribution in [3.63, 3.8) is 0 Å². The zero-order valence-electron chi connectivity index (χ0n) is 11.7. The van der Waals surface area contributed by atoms with Crippen LogP contribution in [0.1, 0.15) is 6.42 Å². The van der Waals surface area contributed by atoms with Gasteiger partial charge < -0.3 is 14.4 Å². The zero-order valence-corrected chi connectivity index (χ0v) is 11.7. The number of carbonyl (C=O) groups excluding carboxylic acids is 1. The van der Waals surface area contributed by atoms with E-state index in [9.17, 15) is 4.79 Å². The Kier molecular flexibility index (Phi) is 3.04. The highest BCUT2D eigenvalue weighted by Crippen LogP contribution is 2.28. The van der Waals surface area contributed by atoms with Gasteiger partial charge in [0.05, 0.1) is 18.8 Å². The fourth-order valence-electron chi connectivity index (χ4n) is 3.19. The molecule has 0 spiro atoms. The van der Waals surface area contributed by atoms with Crippen LogP contribution in [0.4, 0.5) is 0 Å². The number of ether oxygens (including phenoxy) is 2. The molecular formula is C17H17NO3. The molecule has 2 aliphatic heterocycles. The van der Waals surface area contributed by atoms with Crippen molar-refractivity contribution in [1.29, 1.82) is 0 Å². The monoisotopic (exact) mass is 283 g/mol. The van der Waals surface area contributed by atoms with Crippen molar-refractivity contribution in [2.45, 2.75) is 18.6 Å². The van der Waals surface area contributed by atoms with Gasteiger partial charge in [0.2, 0.25) is 0 Å². The maximum atomic E-state index is 12.2. The number of rotatable bonds is 3. The highest BCUT2D eigenvalue weighted by atomic mass is 16.5. The van der Waals surface area contributed by atoms with Crippen molar-refractivity contribution in [1.82, 2.24) is 4.90 Å². The first-order valence-corrected chi connectivity index (χ1v) is 7.32. The van der Waals surface area contributed by atoms with Crippen molar-refractivity contribution in [3.8, 4) is 5.75 Å². The molecule has 2 aromatic rings. The first-order chi connectivity index (χ1) is 10.3. The molecule has 2 aliphatic rings. The summed E-state index contributed by atoms with van der Waals surface area (Å²) < 4.78 is 11.2. The van der Waals surface area contributed by atoms with E-state index >= 15 is 0 Å². The molecule has 0 N–H and O–H groups in total. The molecule has 0 radical (unpaired) electrons. The molecule has 4 rings (SSSR count). The summed E-state index contributed by atoms with van der Waals surface area (Å²) in [5.41, 5.74) is 0. The van der Waals surface area contributed by atoms with Gasteiger partial charge in [-0.15, -0.1) is 0 Å². The SMILES string of the molecule is O=C(COc1ccc2ccccc2c1)N1CC2CC1CO2. The third-order valence-corrected chi connectivity index (χ3v) is 4.30. The van der Waals surface area contributed by atoms with Gasteiger partial charge in [-0.2, -0.15) is 0 Å². The van der Waals surface area contributed by atoms with Crippen molar-refractivity contribution < 1.29 is 14.3 Å². The van der Waals surface area contributed by atoms with Gasteiger partial charge >= 0.3 is 0 Å². The molecule has 2 aromatic carbocycles. The minimum atomic E-state index is 0.0546. The van der Waals surface area contributed by atoms with Crippen LogP contribution in [-0.2, 0) is 9.53 Å². The topological polar surface area (TPSA) is 38.8 Å². The summed E-state index contributed by atoms with van der Waals surface area (Å²) in [6.45, 7) is 1.48. The Hall–Kier alpha value is -2.07. The van der Waals surface area contributed by atoms with Crippen molar-refractivity contribution in [2.75, 3.05) is 19.8 Å². The zero-order chi connectivity index (χ0) is 14.2.